The van der Waals surface area contributed by atoms with Crippen molar-refractivity contribution in [3.63, 3.8) is 0 Å². The summed E-state index contributed by atoms with van der Waals surface area (Å²) in [5, 5.41) is 3.85. The van der Waals surface area contributed by atoms with Gasteiger partial charge in [-0.25, -0.2) is 0 Å². The van der Waals surface area contributed by atoms with E-state index in [1.807, 2.05) is 6.07 Å². The van der Waals surface area contributed by atoms with Gasteiger partial charge in [-0.15, -0.1) is 0 Å². The van der Waals surface area contributed by atoms with E-state index >= 15 is 0 Å². The molecule has 6 heteroatoms. The molecule has 0 aliphatic rings. The molecule has 1 aromatic carbocycles. The SMILES string of the molecule is Nc1ccc2c(NCCCC(F)(F)F)ccnc2c1. The molecule has 0 saturated carbocycles. The molecular weight excluding hydrogens is 255 g/mol. The first-order chi connectivity index (χ1) is 8.96. The first-order valence-electron chi connectivity index (χ1n) is 5.90. The summed E-state index contributed by atoms with van der Waals surface area (Å²) in [6, 6.07) is 7.02. The number of hydrogen-bond donors (Lipinski definition) is 2. The Morgan fingerprint density at radius 2 is 2.00 bits per heavy atom. The molecule has 0 amide bonds. The number of fused-ring (bicyclic) bond motifs is 1. The van der Waals surface area contributed by atoms with E-state index < -0.39 is 12.6 Å². The van der Waals surface area contributed by atoms with Crippen molar-refractivity contribution in [2.24, 2.45) is 0 Å². The van der Waals surface area contributed by atoms with E-state index in [4.69, 9.17) is 5.73 Å². The maximum absolute atomic E-state index is 12.0. The van der Waals surface area contributed by atoms with Crippen molar-refractivity contribution >= 4 is 22.3 Å². The molecule has 2 aromatic rings. The number of nitrogens with zero attached hydrogens (tertiary/aromatic N) is 1. The highest BCUT2D eigenvalue weighted by atomic mass is 19.4. The molecule has 2 rings (SSSR count). The summed E-state index contributed by atoms with van der Waals surface area (Å²) in [7, 11) is 0. The van der Waals surface area contributed by atoms with E-state index in [0.717, 1.165) is 16.6 Å². The van der Waals surface area contributed by atoms with Crippen LogP contribution in [0, 0.1) is 0 Å². The van der Waals surface area contributed by atoms with E-state index in [2.05, 4.69) is 10.3 Å². The first kappa shape index (κ1) is 13.5. The Morgan fingerprint density at radius 3 is 2.74 bits per heavy atom. The number of alkyl halides is 3. The predicted molar refractivity (Wildman–Crippen MR) is 69.9 cm³/mol. The van der Waals surface area contributed by atoms with Gasteiger partial charge in [-0.1, -0.05) is 0 Å². The number of benzene rings is 1. The number of nitrogens with two attached hydrogens (primary N) is 1. The lowest BCUT2D eigenvalue weighted by Gasteiger charge is -2.10. The molecule has 3 nitrogen and oxygen atoms in total. The van der Waals surface area contributed by atoms with Gasteiger partial charge < -0.3 is 11.1 Å². The lowest BCUT2D eigenvalue weighted by atomic mass is 10.1. The number of hydrogen-bond acceptors (Lipinski definition) is 3. The summed E-state index contributed by atoms with van der Waals surface area (Å²) in [5.74, 6) is 0. The number of halogens is 3. The van der Waals surface area contributed by atoms with Gasteiger partial charge in [0.25, 0.3) is 0 Å². The highest BCUT2D eigenvalue weighted by Crippen LogP contribution is 2.24. The Morgan fingerprint density at radius 1 is 1.21 bits per heavy atom. The fraction of sp³-hybridized carbons (Fsp3) is 0.308. The topological polar surface area (TPSA) is 50.9 Å². The van der Waals surface area contributed by atoms with Crippen molar-refractivity contribution in [1.29, 1.82) is 0 Å². The smallest absolute Gasteiger partial charge is 0.389 e. The second-order valence-electron chi connectivity index (χ2n) is 4.28. The van der Waals surface area contributed by atoms with Crippen LogP contribution in [0.3, 0.4) is 0 Å². The van der Waals surface area contributed by atoms with Gasteiger partial charge >= 0.3 is 6.18 Å². The zero-order valence-corrected chi connectivity index (χ0v) is 10.2. The van der Waals surface area contributed by atoms with Crippen molar-refractivity contribution < 1.29 is 13.2 Å². The van der Waals surface area contributed by atoms with Crippen molar-refractivity contribution in [3.05, 3.63) is 30.5 Å². The zero-order chi connectivity index (χ0) is 13.9. The van der Waals surface area contributed by atoms with Crippen molar-refractivity contribution in [3.8, 4) is 0 Å². The van der Waals surface area contributed by atoms with E-state index in [9.17, 15) is 13.2 Å². The minimum absolute atomic E-state index is 0.0439. The fourth-order valence-corrected chi connectivity index (χ4v) is 1.83. The van der Waals surface area contributed by atoms with Gasteiger partial charge in [-0.05, 0) is 30.7 Å². The summed E-state index contributed by atoms with van der Waals surface area (Å²) in [4.78, 5) is 4.17. The summed E-state index contributed by atoms with van der Waals surface area (Å²) in [6.45, 7) is 0.267. The number of nitrogens with one attached hydrogen (secondary N) is 1. The van der Waals surface area contributed by atoms with Crippen molar-refractivity contribution in [1.82, 2.24) is 4.98 Å². The lowest BCUT2D eigenvalue weighted by Crippen LogP contribution is -2.11. The highest BCUT2D eigenvalue weighted by Gasteiger charge is 2.25. The van der Waals surface area contributed by atoms with Crippen LogP contribution in [0.5, 0.6) is 0 Å². The maximum Gasteiger partial charge on any atom is 0.389 e. The number of pyridine rings is 1. The molecule has 0 saturated heterocycles. The van der Waals surface area contributed by atoms with Crippen molar-refractivity contribution in [2.45, 2.75) is 19.0 Å². The molecule has 0 atom stereocenters. The number of rotatable bonds is 4. The van der Waals surface area contributed by atoms with E-state index in [0.29, 0.717) is 5.69 Å². The number of nitrogen functional groups attached to an aromatic ring is 1. The van der Waals surface area contributed by atoms with Crippen LogP contribution in [-0.4, -0.2) is 17.7 Å². The van der Waals surface area contributed by atoms with Crippen LogP contribution < -0.4 is 11.1 Å². The molecule has 3 N–H and O–H groups in total. The normalized spacial score (nSPS) is 11.7. The van der Waals surface area contributed by atoms with Gasteiger partial charge in [-0.3, -0.25) is 4.98 Å². The van der Waals surface area contributed by atoms with Gasteiger partial charge in [0, 0.05) is 35.9 Å². The zero-order valence-electron chi connectivity index (χ0n) is 10.2. The summed E-state index contributed by atoms with van der Waals surface area (Å²) < 4.78 is 36.1. The second kappa shape index (κ2) is 5.34. The van der Waals surface area contributed by atoms with Crippen LogP contribution in [0.4, 0.5) is 24.5 Å². The average molecular weight is 269 g/mol. The highest BCUT2D eigenvalue weighted by molar-refractivity contribution is 5.92. The third kappa shape index (κ3) is 3.74. The molecule has 0 radical (unpaired) electrons. The summed E-state index contributed by atoms with van der Waals surface area (Å²) in [5.41, 5.74) is 7.76. The quantitative estimate of drug-likeness (QED) is 0.659. The third-order valence-electron chi connectivity index (χ3n) is 2.72. The Kier molecular flexibility index (Phi) is 3.78. The van der Waals surface area contributed by atoms with Gasteiger partial charge in [-0.2, -0.15) is 13.2 Å². The molecule has 19 heavy (non-hydrogen) atoms. The maximum atomic E-state index is 12.0. The van der Waals surface area contributed by atoms with Gasteiger partial charge in [0.15, 0.2) is 0 Å². The Balaban J connectivity index is 2.05. The summed E-state index contributed by atoms with van der Waals surface area (Å²) in [6.07, 6.45) is -3.23. The molecule has 0 fully saturated rings. The van der Waals surface area contributed by atoms with Crippen LogP contribution in [0.1, 0.15) is 12.8 Å². The van der Waals surface area contributed by atoms with Crippen LogP contribution >= 0.6 is 0 Å². The van der Waals surface area contributed by atoms with Crippen molar-refractivity contribution in [2.75, 3.05) is 17.6 Å². The molecule has 0 spiro atoms. The average Bonchev–Trinajstić information content (AvgIpc) is 2.33. The number of aromatic nitrogens is 1. The lowest BCUT2D eigenvalue weighted by molar-refractivity contribution is -0.134. The Hall–Kier alpha value is -1.98. The number of anilines is 2. The Labute approximate surface area is 108 Å². The van der Waals surface area contributed by atoms with E-state index in [1.165, 1.54) is 0 Å². The second-order valence-corrected chi connectivity index (χ2v) is 4.28. The minimum Gasteiger partial charge on any atom is -0.399 e. The van der Waals surface area contributed by atoms with Crippen LogP contribution in [0.2, 0.25) is 0 Å². The van der Waals surface area contributed by atoms with Gasteiger partial charge in [0.05, 0.1) is 5.52 Å². The fourth-order valence-electron chi connectivity index (χ4n) is 1.83. The molecular formula is C13H14F3N3. The summed E-state index contributed by atoms with van der Waals surface area (Å²) >= 11 is 0. The third-order valence-corrected chi connectivity index (χ3v) is 2.72. The van der Waals surface area contributed by atoms with E-state index in [1.54, 1.807) is 24.4 Å². The molecule has 0 bridgehead atoms. The molecule has 0 aliphatic heterocycles. The molecule has 1 heterocycles. The first-order valence-corrected chi connectivity index (χ1v) is 5.90. The molecule has 0 aliphatic carbocycles. The van der Waals surface area contributed by atoms with Gasteiger partial charge in [0.2, 0.25) is 0 Å². The van der Waals surface area contributed by atoms with E-state index in [-0.39, 0.29) is 13.0 Å². The van der Waals surface area contributed by atoms with Gasteiger partial charge in [0.1, 0.15) is 0 Å². The molecule has 0 unspecified atom stereocenters. The standard InChI is InChI=1S/C13H14F3N3/c14-13(15,16)5-1-6-18-11-4-7-19-12-8-9(17)2-3-10(11)12/h2-4,7-8H,1,5-6,17H2,(H,18,19). The minimum atomic E-state index is -4.10. The van der Waals surface area contributed by atoms with Crippen LogP contribution in [0.25, 0.3) is 10.9 Å². The molecule has 1 aromatic heterocycles. The molecule has 102 valence electrons. The predicted octanol–water partition coefficient (Wildman–Crippen LogP) is 3.57. The monoisotopic (exact) mass is 269 g/mol. The van der Waals surface area contributed by atoms with Crippen LogP contribution in [-0.2, 0) is 0 Å². The van der Waals surface area contributed by atoms with Crippen LogP contribution in [0.15, 0.2) is 30.5 Å². The largest absolute Gasteiger partial charge is 0.399 e. The Bertz CT molecular complexity index is 567.